The molecule has 0 aliphatic heterocycles. The lowest BCUT2D eigenvalue weighted by Gasteiger charge is -2.08. The van der Waals surface area contributed by atoms with Gasteiger partial charge in [0.25, 0.3) is 0 Å². The van der Waals surface area contributed by atoms with E-state index >= 15 is 0 Å². The second-order valence-electron chi connectivity index (χ2n) is 3.38. The summed E-state index contributed by atoms with van der Waals surface area (Å²) in [5.74, 6) is 0.933. The molecule has 0 unspecified atom stereocenters. The molecule has 1 heterocycles. The van der Waals surface area contributed by atoms with Crippen LogP contribution in [0, 0.1) is 13.8 Å². The van der Waals surface area contributed by atoms with Gasteiger partial charge in [0.2, 0.25) is 0 Å². The molecule has 0 bridgehead atoms. The van der Waals surface area contributed by atoms with Crippen molar-refractivity contribution in [3.05, 3.63) is 35.7 Å². The van der Waals surface area contributed by atoms with E-state index < -0.39 is 0 Å². The van der Waals surface area contributed by atoms with E-state index in [1.807, 2.05) is 25.3 Å². The van der Waals surface area contributed by atoms with Gasteiger partial charge in [0, 0.05) is 17.3 Å². The van der Waals surface area contributed by atoms with Crippen molar-refractivity contribution in [3.63, 3.8) is 0 Å². The van der Waals surface area contributed by atoms with E-state index in [4.69, 9.17) is 4.74 Å². The summed E-state index contributed by atoms with van der Waals surface area (Å²) in [6, 6.07) is 6.08. The normalized spacial score (nSPS) is 10.5. The molecule has 14 heavy (non-hydrogen) atoms. The summed E-state index contributed by atoms with van der Waals surface area (Å²) in [5, 5.41) is 2.42. The molecular weight excluding hydrogens is 174 g/mol. The van der Waals surface area contributed by atoms with Crippen LogP contribution < -0.4 is 4.74 Å². The van der Waals surface area contributed by atoms with Gasteiger partial charge in [-0.25, -0.2) is 0 Å². The fourth-order valence-electron chi connectivity index (χ4n) is 1.75. The molecule has 2 nitrogen and oxygen atoms in total. The average Bonchev–Trinajstić information content (AvgIpc) is 2.20. The molecule has 2 aromatic rings. The maximum absolute atomic E-state index is 5.27. The Morgan fingerprint density at radius 1 is 1.07 bits per heavy atom. The summed E-state index contributed by atoms with van der Waals surface area (Å²) in [7, 11) is 1.70. The quantitative estimate of drug-likeness (QED) is 0.684. The maximum Gasteiger partial charge on any atom is 0.122 e. The SMILES string of the molecule is COc1ccc2c(C)nccc2c1C. The monoisotopic (exact) mass is 187 g/mol. The second kappa shape index (κ2) is 3.29. The molecule has 0 saturated carbocycles. The van der Waals surface area contributed by atoms with E-state index in [0.29, 0.717) is 0 Å². The lowest BCUT2D eigenvalue weighted by Crippen LogP contribution is -1.90. The third-order valence-corrected chi connectivity index (χ3v) is 2.58. The molecule has 1 aromatic carbocycles. The van der Waals surface area contributed by atoms with Crippen LogP contribution in [0.1, 0.15) is 11.3 Å². The third-order valence-electron chi connectivity index (χ3n) is 2.58. The van der Waals surface area contributed by atoms with Gasteiger partial charge in [0.15, 0.2) is 0 Å². The van der Waals surface area contributed by atoms with E-state index in [0.717, 1.165) is 11.4 Å². The van der Waals surface area contributed by atoms with Crippen molar-refractivity contribution in [2.45, 2.75) is 13.8 Å². The molecule has 0 radical (unpaired) electrons. The van der Waals surface area contributed by atoms with E-state index in [-0.39, 0.29) is 0 Å². The lowest BCUT2D eigenvalue weighted by molar-refractivity contribution is 0.412. The minimum Gasteiger partial charge on any atom is -0.496 e. The summed E-state index contributed by atoms with van der Waals surface area (Å²) >= 11 is 0. The number of pyridine rings is 1. The fraction of sp³-hybridized carbons (Fsp3) is 0.250. The van der Waals surface area contributed by atoms with Crippen LogP contribution in [-0.4, -0.2) is 12.1 Å². The highest BCUT2D eigenvalue weighted by atomic mass is 16.5. The van der Waals surface area contributed by atoms with E-state index in [1.54, 1.807) is 7.11 Å². The van der Waals surface area contributed by atoms with Crippen molar-refractivity contribution >= 4 is 10.8 Å². The van der Waals surface area contributed by atoms with Crippen LogP contribution in [0.2, 0.25) is 0 Å². The van der Waals surface area contributed by atoms with Gasteiger partial charge in [0.05, 0.1) is 7.11 Å². The first-order chi connectivity index (χ1) is 6.74. The zero-order valence-corrected chi connectivity index (χ0v) is 8.66. The van der Waals surface area contributed by atoms with Gasteiger partial charge in [0.1, 0.15) is 5.75 Å². The Morgan fingerprint density at radius 2 is 1.86 bits per heavy atom. The summed E-state index contributed by atoms with van der Waals surface area (Å²) < 4.78 is 5.27. The third kappa shape index (κ3) is 1.23. The predicted molar refractivity (Wildman–Crippen MR) is 57.8 cm³/mol. The summed E-state index contributed by atoms with van der Waals surface area (Å²) in [6.07, 6.45) is 1.84. The number of benzene rings is 1. The van der Waals surface area contributed by atoms with Crippen LogP contribution in [0.3, 0.4) is 0 Å². The number of aromatic nitrogens is 1. The van der Waals surface area contributed by atoms with Crippen LogP contribution in [0.5, 0.6) is 5.75 Å². The molecule has 2 rings (SSSR count). The highest BCUT2D eigenvalue weighted by Gasteiger charge is 2.04. The molecular formula is C12H13NO. The van der Waals surface area contributed by atoms with Gasteiger partial charge in [-0.15, -0.1) is 0 Å². The standard InChI is InChI=1S/C12H13NO/c1-8-10-6-7-13-9(2)11(10)4-5-12(8)14-3/h4-7H,1-3H3. The Bertz CT molecular complexity index is 477. The Morgan fingerprint density at radius 3 is 2.57 bits per heavy atom. The molecule has 2 heteroatoms. The Labute approximate surface area is 83.5 Å². The van der Waals surface area contributed by atoms with Gasteiger partial charge in [-0.2, -0.15) is 0 Å². The van der Waals surface area contributed by atoms with Gasteiger partial charge < -0.3 is 4.74 Å². The minimum absolute atomic E-state index is 0.933. The van der Waals surface area contributed by atoms with Crippen LogP contribution >= 0.6 is 0 Å². The van der Waals surface area contributed by atoms with Crippen LogP contribution in [0.25, 0.3) is 10.8 Å². The molecule has 0 saturated heterocycles. The summed E-state index contributed by atoms with van der Waals surface area (Å²) in [5.41, 5.74) is 2.24. The minimum atomic E-state index is 0.933. The van der Waals surface area contributed by atoms with Crippen molar-refractivity contribution in [2.75, 3.05) is 7.11 Å². The zero-order valence-electron chi connectivity index (χ0n) is 8.66. The molecule has 0 fully saturated rings. The highest BCUT2D eigenvalue weighted by molar-refractivity contribution is 5.88. The molecule has 0 N–H and O–H groups in total. The van der Waals surface area contributed by atoms with Crippen molar-refractivity contribution < 1.29 is 4.74 Å². The fourth-order valence-corrected chi connectivity index (χ4v) is 1.75. The van der Waals surface area contributed by atoms with Gasteiger partial charge in [-0.1, -0.05) is 0 Å². The number of methoxy groups -OCH3 is 1. The van der Waals surface area contributed by atoms with Crippen molar-refractivity contribution in [2.24, 2.45) is 0 Å². The largest absolute Gasteiger partial charge is 0.496 e. The number of nitrogens with zero attached hydrogens (tertiary/aromatic N) is 1. The second-order valence-corrected chi connectivity index (χ2v) is 3.38. The zero-order chi connectivity index (χ0) is 10.1. The number of ether oxygens (including phenoxy) is 1. The molecule has 72 valence electrons. The Kier molecular flexibility index (Phi) is 2.12. The lowest BCUT2D eigenvalue weighted by atomic mass is 10.0. The van der Waals surface area contributed by atoms with Crippen molar-refractivity contribution in [1.82, 2.24) is 4.98 Å². The predicted octanol–water partition coefficient (Wildman–Crippen LogP) is 2.86. The van der Waals surface area contributed by atoms with E-state index in [9.17, 15) is 0 Å². The first kappa shape index (κ1) is 9.00. The van der Waals surface area contributed by atoms with E-state index in [1.165, 1.54) is 16.3 Å². The first-order valence-corrected chi connectivity index (χ1v) is 4.63. The molecule has 1 aromatic heterocycles. The molecule has 0 atom stereocenters. The van der Waals surface area contributed by atoms with Crippen molar-refractivity contribution in [3.8, 4) is 5.75 Å². The summed E-state index contributed by atoms with van der Waals surface area (Å²) in [6.45, 7) is 4.09. The molecule has 0 spiro atoms. The topological polar surface area (TPSA) is 22.1 Å². The number of hydrogen-bond donors (Lipinski definition) is 0. The molecule has 0 aliphatic rings. The number of aryl methyl sites for hydroxylation is 2. The number of hydrogen-bond acceptors (Lipinski definition) is 2. The average molecular weight is 187 g/mol. The Balaban J connectivity index is 2.84. The van der Waals surface area contributed by atoms with Gasteiger partial charge in [-0.05, 0) is 43.0 Å². The molecule has 0 aliphatic carbocycles. The van der Waals surface area contributed by atoms with E-state index in [2.05, 4.69) is 18.0 Å². The first-order valence-electron chi connectivity index (χ1n) is 4.63. The number of fused-ring (bicyclic) bond motifs is 1. The molecule has 0 amide bonds. The van der Waals surface area contributed by atoms with Gasteiger partial charge in [-0.3, -0.25) is 4.98 Å². The Hall–Kier alpha value is -1.57. The summed E-state index contributed by atoms with van der Waals surface area (Å²) in [4.78, 5) is 4.26. The number of rotatable bonds is 1. The highest BCUT2D eigenvalue weighted by Crippen LogP contribution is 2.27. The van der Waals surface area contributed by atoms with Crippen LogP contribution in [0.4, 0.5) is 0 Å². The van der Waals surface area contributed by atoms with Gasteiger partial charge >= 0.3 is 0 Å². The van der Waals surface area contributed by atoms with Crippen LogP contribution in [0.15, 0.2) is 24.4 Å². The van der Waals surface area contributed by atoms with Crippen molar-refractivity contribution in [1.29, 1.82) is 0 Å². The maximum atomic E-state index is 5.27. The van der Waals surface area contributed by atoms with Crippen LogP contribution in [-0.2, 0) is 0 Å². The smallest absolute Gasteiger partial charge is 0.122 e.